The molecule has 1 aromatic rings. The average molecular weight is 358 g/mol. The highest BCUT2D eigenvalue weighted by Crippen LogP contribution is 2.28. The van der Waals surface area contributed by atoms with Gasteiger partial charge in [-0.1, -0.05) is 22.4 Å². The van der Waals surface area contributed by atoms with Gasteiger partial charge in [0.1, 0.15) is 17.5 Å². The average Bonchev–Trinajstić information content (AvgIpc) is 2.61. The van der Waals surface area contributed by atoms with E-state index in [0.717, 1.165) is 12.8 Å². The highest BCUT2D eigenvalue weighted by molar-refractivity contribution is 9.09. The molecule has 1 aliphatic rings. The summed E-state index contributed by atoms with van der Waals surface area (Å²) in [6, 6.07) is 0.268. The first-order valence-corrected chi connectivity index (χ1v) is 8.02. The normalized spacial score (nSPS) is 23.8. The molecule has 1 aliphatic carbocycles. The monoisotopic (exact) mass is 357 g/mol. The summed E-state index contributed by atoms with van der Waals surface area (Å²) in [7, 11) is -4.35. The van der Waals surface area contributed by atoms with E-state index in [2.05, 4.69) is 20.7 Å². The third-order valence-corrected chi connectivity index (χ3v) is 5.61. The zero-order chi connectivity index (χ0) is 14.2. The van der Waals surface area contributed by atoms with E-state index < -0.39 is 38.4 Å². The van der Waals surface area contributed by atoms with E-state index in [9.17, 15) is 21.6 Å². The third-order valence-electron chi connectivity index (χ3n) is 2.97. The molecule has 3 nitrogen and oxygen atoms in total. The van der Waals surface area contributed by atoms with Gasteiger partial charge < -0.3 is 0 Å². The fraction of sp³-hybridized carbons (Fsp3) is 0.455. The van der Waals surface area contributed by atoms with Crippen molar-refractivity contribution in [3.05, 3.63) is 29.6 Å². The zero-order valence-electron chi connectivity index (χ0n) is 9.67. The van der Waals surface area contributed by atoms with E-state index in [1.165, 1.54) is 0 Å². The van der Waals surface area contributed by atoms with Gasteiger partial charge in [-0.15, -0.1) is 0 Å². The van der Waals surface area contributed by atoms with E-state index in [1.807, 2.05) is 0 Å². The van der Waals surface area contributed by atoms with E-state index in [1.54, 1.807) is 0 Å². The largest absolute Gasteiger partial charge is 0.246 e. The predicted molar refractivity (Wildman–Crippen MR) is 67.0 cm³/mol. The van der Waals surface area contributed by atoms with Crippen LogP contribution in [-0.4, -0.2) is 19.3 Å². The van der Waals surface area contributed by atoms with Crippen LogP contribution in [0.3, 0.4) is 0 Å². The maximum Gasteiger partial charge on any atom is 0.246 e. The molecular formula is C11H11BrF3NO2S. The molecule has 0 spiro atoms. The summed E-state index contributed by atoms with van der Waals surface area (Å²) in [6.45, 7) is 0. The van der Waals surface area contributed by atoms with E-state index in [4.69, 9.17) is 0 Å². The lowest BCUT2D eigenvalue weighted by Gasteiger charge is -2.16. The highest BCUT2D eigenvalue weighted by atomic mass is 79.9. The van der Waals surface area contributed by atoms with Crippen LogP contribution in [-0.2, 0) is 10.0 Å². The summed E-state index contributed by atoms with van der Waals surface area (Å²) in [4.78, 5) is -1.21. The van der Waals surface area contributed by atoms with Crippen molar-refractivity contribution in [2.75, 3.05) is 0 Å². The Bertz CT molecular complexity index is 571. The minimum Gasteiger partial charge on any atom is -0.207 e. The fourth-order valence-corrected chi connectivity index (χ4v) is 4.42. The molecule has 2 atom stereocenters. The van der Waals surface area contributed by atoms with Crippen molar-refractivity contribution in [2.45, 2.75) is 35.0 Å². The molecule has 0 heterocycles. The second kappa shape index (κ2) is 5.41. The topological polar surface area (TPSA) is 46.2 Å². The Kier molecular flexibility index (Phi) is 4.22. The smallest absolute Gasteiger partial charge is 0.207 e. The van der Waals surface area contributed by atoms with Gasteiger partial charge in [-0.05, 0) is 12.8 Å². The van der Waals surface area contributed by atoms with E-state index >= 15 is 0 Å². The van der Waals surface area contributed by atoms with E-state index in [-0.39, 0.29) is 4.83 Å². The SMILES string of the molecule is O=S(=O)(NC1CCCC1Br)c1c(F)cc(F)cc1F. The molecule has 1 N–H and O–H groups in total. The van der Waals surface area contributed by atoms with Crippen LogP contribution in [0.25, 0.3) is 0 Å². The first-order valence-electron chi connectivity index (χ1n) is 5.62. The maximum absolute atomic E-state index is 13.5. The Hall–Kier alpha value is -0.600. The van der Waals surface area contributed by atoms with Crippen molar-refractivity contribution < 1.29 is 21.6 Å². The van der Waals surface area contributed by atoms with Crippen molar-refractivity contribution >= 4 is 26.0 Å². The first-order chi connectivity index (χ1) is 8.81. The van der Waals surface area contributed by atoms with Crippen LogP contribution in [0.5, 0.6) is 0 Å². The molecular weight excluding hydrogens is 347 g/mol. The summed E-state index contributed by atoms with van der Waals surface area (Å²) < 4.78 is 65.8. The van der Waals surface area contributed by atoms with Gasteiger partial charge in [0.25, 0.3) is 0 Å². The predicted octanol–water partition coefficient (Wildman–Crippen LogP) is 2.70. The molecule has 8 heteroatoms. The zero-order valence-corrected chi connectivity index (χ0v) is 12.1. The molecule has 1 aromatic carbocycles. The number of hydrogen-bond donors (Lipinski definition) is 1. The van der Waals surface area contributed by atoms with Crippen molar-refractivity contribution in [1.82, 2.24) is 4.72 Å². The van der Waals surface area contributed by atoms with Crippen LogP contribution in [0.1, 0.15) is 19.3 Å². The Morgan fingerprint density at radius 2 is 1.74 bits per heavy atom. The molecule has 19 heavy (non-hydrogen) atoms. The van der Waals surface area contributed by atoms with Crippen LogP contribution in [0.15, 0.2) is 17.0 Å². The minimum atomic E-state index is -4.35. The van der Waals surface area contributed by atoms with Crippen LogP contribution < -0.4 is 4.72 Å². The molecule has 2 rings (SSSR count). The lowest BCUT2D eigenvalue weighted by atomic mass is 10.3. The van der Waals surface area contributed by atoms with Gasteiger partial charge in [0, 0.05) is 23.0 Å². The molecule has 0 aliphatic heterocycles. The molecule has 2 unspecified atom stereocenters. The number of alkyl halides is 1. The van der Waals surface area contributed by atoms with Gasteiger partial charge in [0.2, 0.25) is 10.0 Å². The second-order valence-corrected chi connectivity index (χ2v) is 7.20. The standard InChI is InChI=1S/C11H11BrF3NO2S/c12-7-2-1-3-10(7)16-19(17,18)11-8(14)4-6(13)5-9(11)15/h4-5,7,10,16H,1-3H2. The molecule has 1 fully saturated rings. The summed E-state index contributed by atoms with van der Waals surface area (Å²) in [5.41, 5.74) is 0. The van der Waals surface area contributed by atoms with Crippen molar-refractivity contribution in [3.63, 3.8) is 0 Å². The van der Waals surface area contributed by atoms with Crippen LogP contribution in [0.4, 0.5) is 13.2 Å². The van der Waals surface area contributed by atoms with Crippen molar-refractivity contribution in [3.8, 4) is 0 Å². The molecule has 0 aromatic heterocycles. The van der Waals surface area contributed by atoms with Crippen LogP contribution >= 0.6 is 15.9 Å². The Labute approximate surface area is 117 Å². The number of benzene rings is 1. The molecule has 0 saturated heterocycles. The Morgan fingerprint density at radius 1 is 1.16 bits per heavy atom. The molecule has 0 bridgehead atoms. The number of sulfonamides is 1. The van der Waals surface area contributed by atoms with Gasteiger partial charge >= 0.3 is 0 Å². The lowest BCUT2D eigenvalue weighted by molar-refractivity contribution is 0.489. The number of rotatable bonds is 3. The summed E-state index contributed by atoms with van der Waals surface area (Å²) in [5, 5.41) is 0. The number of nitrogens with one attached hydrogen (secondary N) is 1. The van der Waals surface area contributed by atoms with Gasteiger partial charge in [0.05, 0.1) is 0 Å². The van der Waals surface area contributed by atoms with Crippen molar-refractivity contribution in [2.24, 2.45) is 0 Å². The van der Waals surface area contributed by atoms with E-state index in [0.29, 0.717) is 18.6 Å². The third kappa shape index (κ3) is 3.11. The molecule has 1 saturated carbocycles. The number of halogens is 4. The Morgan fingerprint density at radius 3 is 2.21 bits per heavy atom. The highest BCUT2D eigenvalue weighted by Gasteiger charge is 2.32. The minimum absolute atomic E-state index is 0.0751. The molecule has 0 radical (unpaired) electrons. The molecule has 106 valence electrons. The van der Waals surface area contributed by atoms with Gasteiger partial charge in [-0.3, -0.25) is 0 Å². The lowest BCUT2D eigenvalue weighted by Crippen LogP contribution is -2.38. The number of hydrogen-bond acceptors (Lipinski definition) is 2. The Balaban J connectivity index is 2.34. The second-order valence-electron chi connectivity index (χ2n) is 4.37. The van der Waals surface area contributed by atoms with Gasteiger partial charge in [-0.25, -0.2) is 26.3 Å². The fourth-order valence-electron chi connectivity index (χ4n) is 2.09. The van der Waals surface area contributed by atoms with Gasteiger partial charge in [-0.2, -0.15) is 0 Å². The maximum atomic E-state index is 13.5. The van der Waals surface area contributed by atoms with Gasteiger partial charge in [0.15, 0.2) is 4.90 Å². The quantitative estimate of drug-likeness (QED) is 0.845. The first kappa shape index (κ1) is 14.8. The summed E-state index contributed by atoms with van der Waals surface area (Å²) in [5.74, 6) is -4.03. The van der Waals surface area contributed by atoms with Crippen molar-refractivity contribution in [1.29, 1.82) is 0 Å². The summed E-state index contributed by atoms with van der Waals surface area (Å²) >= 11 is 3.30. The summed E-state index contributed by atoms with van der Waals surface area (Å²) in [6.07, 6.45) is 2.18. The molecule has 0 amide bonds. The van der Waals surface area contributed by atoms with Crippen LogP contribution in [0, 0.1) is 17.5 Å². The van der Waals surface area contributed by atoms with Crippen LogP contribution in [0.2, 0.25) is 0 Å².